The first-order valence-corrected chi connectivity index (χ1v) is 8.01. The Bertz CT molecular complexity index is 583. The first-order chi connectivity index (χ1) is 9.68. The van der Waals surface area contributed by atoms with Crippen LogP contribution in [-0.4, -0.2) is 31.2 Å². The summed E-state index contributed by atoms with van der Waals surface area (Å²) in [5, 5.41) is 2.40. The monoisotopic (exact) mass is 323 g/mol. The Morgan fingerprint density at radius 2 is 2.05 bits per heavy atom. The number of nitrogens with zero attached hydrogens (tertiary/aromatic N) is 1. The molecular weight excluding hydrogens is 307 g/mol. The van der Waals surface area contributed by atoms with Crippen LogP contribution in [0.5, 0.6) is 0 Å². The zero-order valence-electron chi connectivity index (χ0n) is 11.3. The molecule has 9 heteroatoms. The Labute approximate surface area is 121 Å². The van der Waals surface area contributed by atoms with Crippen LogP contribution in [0.15, 0.2) is 18.3 Å². The van der Waals surface area contributed by atoms with Crippen LogP contribution in [0.1, 0.15) is 25.5 Å². The number of rotatable bonds is 6. The van der Waals surface area contributed by atoms with Crippen molar-refractivity contribution in [3.05, 3.63) is 24.0 Å². The molecule has 1 aliphatic carbocycles. The fourth-order valence-electron chi connectivity index (χ4n) is 1.62. The van der Waals surface area contributed by atoms with Crippen LogP contribution < -0.4 is 10.0 Å². The predicted octanol–water partition coefficient (Wildman–Crippen LogP) is 1.98. The third-order valence-electron chi connectivity index (χ3n) is 3.12. The number of hydrogen-bond donors (Lipinski definition) is 2. The molecule has 5 nitrogen and oxygen atoms in total. The molecule has 0 bridgehead atoms. The van der Waals surface area contributed by atoms with Crippen molar-refractivity contribution in [2.24, 2.45) is 0 Å². The van der Waals surface area contributed by atoms with E-state index < -0.39 is 27.1 Å². The fraction of sp³-hybridized carbons (Fsp3) is 0.583. The number of halogens is 3. The first kappa shape index (κ1) is 16.0. The van der Waals surface area contributed by atoms with E-state index in [-0.39, 0.29) is 5.69 Å². The number of sulfonamides is 1. The van der Waals surface area contributed by atoms with E-state index in [1.807, 2.05) is 0 Å². The smallest absolute Gasteiger partial charge is 0.313 e. The maximum atomic E-state index is 12.4. The van der Waals surface area contributed by atoms with Crippen LogP contribution in [0.25, 0.3) is 0 Å². The van der Waals surface area contributed by atoms with Crippen LogP contribution in [0.4, 0.5) is 18.9 Å². The normalized spacial score (nSPS) is 17.5. The highest BCUT2D eigenvalue weighted by Gasteiger charge is 2.32. The van der Waals surface area contributed by atoms with Gasteiger partial charge in [-0.25, -0.2) is 13.4 Å². The molecule has 2 N–H and O–H groups in total. The van der Waals surface area contributed by atoms with Crippen molar-refractivity contribution in [2.45, 2.75) is 37.2 Å². The molecule has 1 fully saturated rings. The molecule has 118 valence electrons. The van der Waals surface area contributed by atoms with Crippen molar-refractivity contribution in [2.75, 3.05) is 11.3 Å². The minimum atomic E-state index is -4.54. The van der Waals surface area contributed by atoms with E-state index in [4.69, 9.17) is 0 Å². The van der Waals surface area contributed by atoms with E-state index in [1.165, 1.54) is 6.92 Å². The Balaban J connectivity index is 1.98. The van der Waals surface area contributed by atoms with Gasteiger partial charge in [0.1, 0.15) is 5.69 Å². The van der Waals surface area contributed by atoms with E-state index in [2.05, 4.69) is 15.0 Å². The molecule has 0 saturated heterocycles. The zero-order valence-corrected chi connectivity index (χ0v) is 12.1. The summed E-state index contributed by atoms with van der Waals surface area (Å²) in [6, 6.07) is 2.18. The zero-order chi connectivity index (χ0) is 15.7. The SMILES string of the molecule is CC(CNC1CC1)S(=O)(=O)Nc1ccc(C(F)(F)F)nc1. The highest BCUT2D eigenvalue weighted by molar-refractivity contribution is 7.93. The van der Waals surface area contributed by atoms with Gasteiger partial charge in [-0.2, -0.15) is 13.2 Å². The topological polar surface area (TPSA) is 71.1 Å². The van der Waals surface area contributed by atoms with Crippen LogP contribution in [0.3, 0.4) is 0 Å². The second kappa shape index (κ2) is 5.80. The molecule has 1 aromatic heterocycles. The van der Waals surface area contributed by atoms with Gasteiger partial charge in [0.25, 0.3) is 0 Å². The number of aromatic nitrogens is 1. The molecule has 0 radical (unpaired) electrons. The number of pyridine rings is 1. The number of anilines is 1. The molecule has 1 heterocycles. The van der Waals surface area contributed by atoms with Crippen molar-refractivity contribution in [3.63, 3.8) is 0 Å². The molecule has 0 amide bonds. The Kier molecular flexibility index (Phi) is 4.43. The van der Waals surface area contributed by atoms with Gasteiger partial charge in [0, 0.05) is 12.6 Å². The first-order valence-electron chi connectivity index (χ1n) is 6.47. The van der Waals surface area contributed by atoms with E-state index in [9.17, 15) is 21.6 Å². The summed E-state index contributed by atoms with van der Waals surface area (Å²) in [5.74, 6) is 0. The molecule has 1 aliphatic rings. The second-order valence-corrected chi connectivity index (χ2v) is 7.17. The van der Waals surface area contributed by atoms with Crippen molar-refractivity contribution in [1.82, 2.24) is 10.3 Å². The van der Waals surface area contributed by atoms with Gasteiger partial charge in [-0.1, -0.05) is 0 Å². The molecule has 2 rings (SSSR count). The number of alkyl halides is 3. The molecule has 0 spiro atoms. The quantitative estimate of drug-likeness (QED) is 0.840. The number of nitrogens with one attached hydrogen (secondary N) is 2. The lowest BCUT2D eigenvalue weighted by Gasteiger charge is -2.15. The lowest BCUT2D eigenvalue weighted by Crippen LogP contribution is -2.35. The summed E-state index contributed by atoms with van der Waals surface area (Å²) in [6.07, 6.45) is -1.59. The lowest BCUT2D eigenvalue weighted by atomic mass is 10.3. The van der Waals surface area contributed by atoms with Crippen molar-refractivity contribution in [3.8, 4) is 0 Å². The standard InChI is InChI=1S/C12H16F3N3O2S/c1-8(6-16-9-2-3-9)21(19,20)18-10-4-5-11(17-7-10)12(13,14)15/h4-5,7-9,16,18H,2-3,6H2,1H3. The molecule has 0 aliphatic heterocycles. The third kappa shape index (κ3) is 4.57. The maximum absolute atomic E-state index is 12.4. The minimum Gasteiger partial charge on any atom is -0.313 e. The van der Waals surface area contributed by atoms with Gasteiger partial charge in [0.2, 0.25) is 10.0 Å². The van der Waals surface area contributed by atoms with Gasteiger partial charge in [0.15, 0.2) is 0 Å². The van der Waals surface area contributed by atoms with Crippen LogP contribution in [0, 0.1) is 0 Å². The van der Waals surface area contributed by atoms with Crippen molar-refractivity contribution in [1.29, 1.82) is 0 Å². The molecule has 1 saturated carbocycles. The minimum absolute atomic E-state index is 0.0151. The van der Waals surface area contributed by atoms with Gasteiger partial charge in [-0.15, -0.1) is 0 Å². The third-order valence-corrected chi connectivity index (χ3v) is 4.86. The van der Waals surface area contributed by atoms with E-state index in [0.29, 0.717) is 12.6 Å². The summed E-state index contributed by atoms with van der Waals surface area (Å²) in [4.78, 5) is 3.21. The summed E-state index contributed by atoms with van der Waals surface area (Å²) < 4.78 is 63.3. The largest absolute Gasteiger partial charge is 0.433 e. The van der Waals surface area contributed by atoms with Crippen molar-refractivity contribution < 1.29 is 21.6 Å². The summed E-state index contributed by atoms with van der Waals surface area (Å²) in [7, 11) is -3.66. The molecule has 0 aromatic carbocycles. The Morgan fingerprint density at radius 3 is 2.52 bits per heavy atom. The average Bonchev–Trinajstić information content (AvgIpc) is 3.19. The van der Waals surface area contributed by atoms with Crippen LogP contribution >= 0.6 is 0 Å². The molecule has 21 heavy (non-hydrogen) atoms. The van der Waals surface area contributed by atoms with Gasteiger partial charge >= 0.3 is 6.18 Å². The van der Waals surface area contributed by atoms with Gasteiger partial charge in [0.05, 0.1) is 17.1 Å². The predicted molar refractivity (Wildman–Crippen MR) is 72.3 cm³/mol. The fourth-order valence-corrected chi connectivity index (χ4v) is 2.58. The summed E-state index contributed by atoms with van der Waals surface area (Å²) >= 11 is 0. The Morgan fingerprint density at radius 1 is 1.38 bits per heavy atom. The number of hydrogen-bond acceptors (Lipinski definition) is 4. The molecule has 1 unspecified atom stereocenters. The van der Waals surface area contributed by atoms with Crippen LogP contribution in [0.2, 0.25) is 0 Å². The molecular formula is C12H16F3N3O2S. The van der Waals surface area contributed by atoms with Crippen LogP contribution in [-0.2, 0) is 16.2 Å². The van der Waals surface area contributed by atoms with E-state index >= 15 is 0 Å². The second-order valence-electron chi connectivity index (χ2n) is 5.07. The average molecular weight is 323 g/mol. The van der Waals surface area contributed by atoms with E-state index in [1.54, 1.807) is 0 Å². The molecule has 1 aromatic rings. The lowest BCUT2D eigenvalue weighted by molar-refractivity contribution is -0.141. The highest BCUT2D eigenvalue weighted by Crippen LogP contribution is 2.28. The van der Waals surface area contributed by atoms with E-state index in [0.717, 1.165) is 31.2 Å². The van der Waals surface area contributed by atoms with Crippen molar-refractivity contribution >= 4 is 15.7 Å². The maximum Gasteiger partial charge on any atom is 0.433 e. The Hall–Kier alpha value is -1.35. The highest BCUT2D eigenvalue weighted by atomic mass is 32.2. The van der Waals surface area contributed by atoms with Gasteiger partial charge < -0.3 is 5.32 Å². The van der Waals surface area contributed by atoms with Gasteiger partial charge in [-0.3, -0.25) is 4.72 Å². The summed E-state index contributed by atoms with van der Waals surface area (Å²) in [5.41, 5.74) is -1.05. The molecule has 1 atom stereocenters. The summed E-state index contributed by atoms with van der Waals surface area (Å²) in [6.45, 7) is 1.84. The van der Waals surface area contributed by atoms with Gasteiger partial charge in [-0.05, 0) is 31.9 Å².